The molecule has 0 unspecified atom stereocenters. The van der Waals surface area contributed by atoms with Crippen LogP contribution in [0.25, 0.3) is 0 Å². The first-order valence-corrected chi connectivity index (χ1v) is 4.98. The Hall–Kier alpha value is 0.270. The fourth-order valence-electron chi connectivity index (χ4n) is 1.55. The zero-order chi connectivity index (χ0) is 8.10. The van der Waals surface area contributed by atoms with Crippen LogP contribution in [-0.4, -0.2) is 29.5 Å². The highest BCUT2D eigenvalue weighted by atomic mass is 32.1. The van der Waals surface area contributed by atoms with Crippen LogP contribution in [-0.2, 0) is 0 Å². The maximum absolute atomic E-state index is 9.21. The highest BCUT2D eigenvalue weighted by Gasteiger charge is 2.17. The predicted octanol–water partition coefficient (Wildman–Crippen LogP) is 0.809. The molecule has 1 rings (SSSR count). The molecule has 0 aliphatic heterocycles. The van der Waals surface area contributed by atoms with Crippen molar-refractivity contribution in [2.45, 2.75) is 37.8 Å². The third kappa shape index (κ3) is 3.45. The normalized spacial score (nSPS) is 32.2. The second-order valence-corrected chi connectivity index (χ2v) is 3.63. The maximum atomic E-state index is 9.21. The van der Waals surface area contributed by atoms with E-state index in [9.17, 15) is 5.11 Å². The van der Waals surface area contributed by atoms with Crippen molar-refractivity contribution in [2.24, 2.45) is 0 Å². The van der Waals surface area contributed by atoms with Gasteiger partial charge in [0.25, 0.3) is 0 Å². The molecule has 3 heteroatoms. The standard InChI is InChI=1S/C8H17NOS/c10-8-3-1-7(2-4-8)9-5-6-11/h7-11H,1-6H2. The van der Waals surface area contributed by atoms with Gasteiger partial charge in [-0.1, -0.05) is 0 Å². The van der Waals surface area contributed by atoms with Crippen LogP contribution in [0.2, 0.25) is 0 Å². The highest BCUT2D eigenvalue weighted by molar-refractivity contribution is 7.80. The van der Waals surface area contributed by atoms with Crippen molar-refractivity contribution in [3.8, 4) is 0 Å². The summed E-state index contributed by atoms with van der Waals surface area (Å²) in [6.07, 6.45) is 4.13. The SMILES string of the molecule is OC1CCC(NCCS)CC1. The average Bonchev–Trinajstić information content (AvgIpc) is 2.04. The van der Waals surface area contributed by atoms with Gasteiger partial charge >= 0.3 is 0 Å². The molecule has 0 atom stereocenters. The lowest BCUT2D eigenvalue weighted by Crippen LogP contribution is -2.35. The Morgan fingerprint density at radius 2 is 1.91 bits per heavy atom. The lowest BCUT2D eigenvalue weighted by atomic mass is 9.93. The molecule has 0 heterocycles. The van der Waals surface area contributed by atoms with Crippen LogP contribution in [0, 0.1) is 0 Å². The quantitative estimate of drug-likeness (QED) is 0.555. The molecule has 11 heavy (non-hydrogen) atoms. The summed E-state index contributed by atoms with van der Waals surface area (Å²) in [5, 5.41) is 12.6. The molecular formula is C8H17NOS. The molecule has 0 amide bonds. The van der Waals surface area contributed by atoms with Gasteiger partial charge < -0.3 is 10.4 Å². The number of hydrogen-bond donors (Lipinski definition) is 3. The van der Waals surface area contributed by atoms with E-state index < -0.39 is 0 Å². The van der Waals surface area contributed by atoms with Gasteiger partial charge in [-0.25, -0.2) is 0 Å². The molecule has 2 nitrogen and oxygen atoms in total. The molecule has 66 valence electrons. The third-order valence-electron chi connectivity index (χ3n) is 2.24. The predicted molar refractivity (Wildman–Crippen MR) is 50.1 cm³/mol. The number of aliphatic hydroxyl groups is 1. The van der Waals surface area contributed by atoms with E-state index in [0.717, 1.165) is 38.0 Å². The van der Waals surface area contributed by atoms with Gasteiger partial charge in [0, 0.05) is 18.3 Å². The maximum Gasteiger partial charge on any atom is 0.0541 e. The van der Waals surface area contributed by atoms with E-state index in [1.54, 1.807) is 0 Å². The second-order valence-electron chi connectivity index (χ2n) is 3.18. The molecule has 0 aromatic carbocycles. The molecule has 0 aromatic heterocycles. The van der Waals surface area contributed by atoms with E-state index in [1.807, 2.05) is 0 Å². The number of nitrogens with one attached hydrogen (secondary N) is 1. The van der Waals surface area contributed by atoms with E-state index in [0.29, 0.717) is 6.04 Å². The first kappa shape index (κ1) is 9.36. The minimum Gasteiger partial charge on any atom is -0.393 e. The summed E-state index contributed by atoms with van der Waals surface area (Å²) in [6, 6.07) is 0.630. The van der Waals surface area contributed by atoms with E-state index in [-0.39, 0.29) is 6.10 Å². The Morgan fingerprint density at radius 3 is 2.45 bits per heavy atom. The molecule has 0 bridgehead atoms. The lowest BCUT2D eigenvalue weighted by molar-refractivity contribution is 0.117. The Bertz CT molecular complexity index is 99.5. The summed E-state index contributed by atoms with van der Waals surface area (Å²) < 4.78 is 0. The smallest absolute Gasteiger partial charge is 0.0541 e. The molecular weight excluding hydrogens is 158 g/mol. The van der Waals surface area contributed by atoms with Crippen LogP contribution in [0.4, 0.5) is 0 Å². The highest BCUT2D eigenvalue weighted by Crippen LogP contribution is 2.17. The molecule has 0 radical (unpaired) electrons. The van der Waals surface area contributed by atoms with Crippen LogP contribution in [0.5, 0.6) is 0 Å². The van der Waals surface area contributed by atoms with Crippen LogP contribution >= 0.6 is 12.6 Å². The Labute approximate surface area is 73.8 Å². The Balaban J connectivity index is 2.07. The first-order valence-electron chi connectivity index (χ1n) is 4.35. The van der Waals surface area contributed by atoms with Gasteiger partial charge in [0.15, 0.2) is 0 Å². The number of thiol groups is 1. The van der Waals surface area contributed by atoms with Crippen molar-refractivity contribution in [3.05, 3.63) is 0 Å². The van der Waals surface area contributed by atoms with Crippen LogP contribution in [0.3, 0.4) is 0 Å². The monoisotopic (exact) mass is 175 g/mol. The van der Waals surface area contributed by atoms with E-state index in [2.05, 4.69) is 17.9 Å². The summed E-state index contributed by atoms with van der Waals surface area (Å²) in [5.41, 5.74) is 0. The topological polar surface area (TPSA) is 32.3 Å². The molecule has 1 fully saturated rings. The van der Waals surface area contributed by atoms with Crippen molar-refractivity contribution in [2.75, 3.05) is 12.3 Å². The van der Waals surface area contributed by atoms with Crippen LogP contribution < -0.4 is 5.32 Å². The van der Waals surface area contributed by atoms with Gasteiger partial charge in [-0.2, -0.15) is 12.6 Å². The van der Waals surface area contributed by atoms with Crippen molar-refractivity contribution in [1.82, 2.24) is 5.32 Å². The van der Waals surface area contributed by atoms with E-state index in [4.69, 9.17) is 0 Å². The fourth-order valence-corrected chi connectivity index (χ4v) is 1.68. The first-order chi connectivity index (χ1) is 5.33. The summed E-state index contributed by atoms with van der Waals surface area (Å²) in [4.78, 5) is 0. The summed E-state index contributed by atoms with van der Waals surface area (Å²) in [5.74, 6) is 0.902. The lowest BCUT2D eigenvalue weighted by Gasteiger charge is -2.25. The van der Waals surface area contributed by atoms with E-state index >= 15 is 0 Å². The number of hydrogen-bond acceptors (Lipinski definition) is 3. The number of aliphatic hydroxyl groups excluding tert-OH is 1. The van der Waals surface area contributed by atoms with Crippen molar-refractivity contribution in [1.29, 1.82) is 0 Å². The average molecular weight is 175 g/mol. The second kappa shape index (κ2) is 5.01. The van der Waals surface area contributed by atoms with Gasteiger partial charge in [-0.05, 0) is 25.7 Å². The Kier molecular flexibility index (Phi) is 4.26. The van der Waals surface area contributed by atoms with Gasteiger partial charge in [0.1, 0.15) is 0 Å². The van der Waals surface area contributed by atoms with Gasteiger partial charge in [-0.3, -0.25) is 0 Å². The zero-order valence-electron chi connectivity index (χ0n) is 6.79. The van der Waals surface area contributed by atoms with Crippen LogP contribution in [0.1, 0.15) is 25.7 Å². The molecule has 1 aliphatic rings. The minimum atomic E-state index is -0.0379. The molecule has 1 aliphatic carbocycles. The minimum absolute atomic E-state index is 0.0379. The zero-order valence-corrected chi connectivity index (χ0v) is 7.69. The Morgan fingerprint density at radius 1 is 1.27 bits per heavy atom. The molecule has 2 N–H and O–H groups in total. The fraction of sp³-hybridized carbons (Fsp3) is 1.00. The molecule has 0 saturated heterocycles. The van der Waals surface area contributed by atoms with Gasteiger partial charge in [-0.15, -0.1) is 0 Å². The van der Waals surface area contributed by atoms with E-state index in [1.165, 1.54) is 0 Å². The number of rotatable bonds is 3. The van der Waals surface area contributed by atoms with Crippen LogP contribution in [0.15, 0.2) is 0 Å². The summed E-state index contributed by atoms with van der Waals surface area (Å²) in [6.45, 7) is 0.990. The summed E-state index contributed by atoms with van der Waals surface area (Å²) >= 11 is 4.13. The van der Waals surface area contributed by atoms with Crippen molar-refractivity contribution in [3.63, 3.8) is 0 Å². The molecule has 0 spiro atoms. The largest absolute Gasteiger partial charge is 0.393 e. The molecule has 1 saturated carbocycles. The third-order valence-corrected chi connectivity index (χ3v) is 2.47. The van der Waals surface area contributed by atoms with Gasteiger partial charge in [0.05, 0.1) is 6.10 Å². The van der Waals surface area contributed by atoms with Crippen molar-refractivity contribution >= 4 is 12.6 Å². The van der Waals surface area contributed by atoms with Crippen molar-refractivity contribution < 1.29 is 5.11 Å². The molecule has 0 aromatic rings. The van der Waals surface area contributed by atoms with Gasteiger partial charge in [0.2, 0.25) is 0 Å². The summed E-state index contributed by atoms with van der Waals surface area (Å²) in [7, 11) is 0.